The molecule has 1 heterocycles. The monoisotopic (exact) mass is 380 g/mol. The molecule has 0 radical (unpaired) electrons. The maximum Gasteiger partial charge on any atom is 0.221 e. The SMILES string of the molecule is CCCNC(=O)CCN(c1nc(Cc2ccc(Cl)cc2)ns1)C(C)C. The van der Waals surface area contributed by atoms with Crippen LogP contribution in [0.4, 0.5) is 5.13 Å². The van der Waals surface area contributed by atoms with E-state index in [0.29, 0.717) is 19.4 Å². The summed E-state index contributed by atoms with van der Waals surface area (Å²) in [6.07, 6.45) is 2.09. The first-order chi connectivity index (χ1) is 12.0. The number of rotatable bonds is 9. The zero-order valence-electron chi connectivity index (χ0n) is 15.0. The second kappa shape index (κ2) is 9.73. The Morgan fingerprint density at radius 1 is 1.32 bits per heavy atom. The fraction of sp³-hybridized carbons (Fsp3) is 0.500. The van der Waals surface area contributed by atoms with Crippen LogP contribution in [0, 0.1) is 0 Å². The third-order valence-corrected chi connectivity index (χ3v) is 4.80. The quantitative estimate of drug-likeness (QED) is 0.716. The van der Waals surface area contributed by atoms with Gasteiger partial charge < -0.3 is 10.2 Å². The number of carbonyl (C=O) groups excluding carboxylic acids is 1. The minimum absolute atomic E-state index is 0.0819. The molecule has 0 aliphatic rings. The van der Waals surface area contributed by atoms with Crippen molar-refractivity contribution in [3.63, 3.8) is 0 Å². The van der Waals surface area contributed by atoms with Crippen LogP contribution < -0.4 is 10.2 Å². The molecule has 136 valence electrons. The number of halogens is 1. The first kappa shape index (κ1) is 19.7. The van der Waals surface area contributed by atoms with E-state index >= 15 is 0 Å². The summed E-state index contributed by atoms with van der Waals surface area (Å²) < 4.78 is 4.47. The van der Waals surface area contributed by atoms with E-state index in [1.807, 2.05) is 31.2 Å². The minimum Gasteiger partial charge on any atom is -0.356 e. The third kappa shape index (κ3) is 6.29. The maximum absolute atomic E-state index is 11.9. The number of aromatic nitrogens is 2. The molecule has 1 aromatic carbocycles. The van der Waals surface area contributed by atoms with Gasteiger partial charge in [-0.25, -0.2) is 4.98 Å². The largest absolute Gasteiger partial charge is 0.356 e. The molecule has 1 N–H and O–H groups in total. The Hall–Kier alpha value is -1.66. The Balaban J connectivity index is 1.98. The molecular weight excluding hydrogens is 356 g/mol. The Morgan fingerprint density at radius 2 is 2.04 bits per heavy atom. The number of hydrogen-bond donors (Lipinski definition) is 1. The van der Waals surface area contributed by atoms with Crippen LogP contribution in [0.1, 0.15) is 45.0 Å². The maximum atomic E-state index is 11.9. The van der Waals surface area contributed by atoms with E-state index in [-0.39, 0.29) is 11.9 Å². The highest BCUT2D eigenvalue weighted by Crippen LogP contribution is 2.22. The Morgan fingerprint density at radius 3 is 2.68 bits per heavy atom. The van der Waals surface area contributed by atoms with Crippen LogP contribution in [0.3, 0.4) is 0 Å². The van der Waals surface area contributed by atoms with Crippen molar-refractivity contribution in [1.29, 1.82) is 0 Å². The van der Waals surface area contributed by atoms with E-state index in [9.17, 15) is 4.79 Å². The molecule has 0 fully saturated rings. The normalized spacial score (nSPS) is 10.9. The van der Waals surface area contributed by atoms with Gasteiger partial charge in [0.15, 0.2) is 0 Å². The van der Waals surface area contributed by atoms with Crippen LogP contribution in [0.2, 0.25) is 5.02 Å². The molecule has 0 saturated heterocycles. The van der Waals surface area contributed by atoms with Crippen molar-refractivity contribution in [3.05, 3.63) is 40.7 Å². The third-order valence-electron chi connectivity index (χ3n) is 3.75. The summed E-state index contributed by atoms with van der Waals surface area (Å²) in [4.78, 5) is 18.6. The molecule has 0 bridgehead atoms. The Labute approximate surface area is 158 Å². The summed E-state index contributed by atoms with van der Waals surface area (Å²) >= 11 is 7.30. The van der Waals surface area contributed by atoms with Gasteiger partial charge in [-0.05, 0) is 38.0 Å². The van der Waals surface area contributed by atoms with Crippen LogP contribution >= 0.6 is 23.1 Å². The van der Waals surface area contributed by atoms with Crippen LogP contribution in [0.25, 0.3) is 0 Å². The van der Waals surface area contributed by atoms with Gasteiger partial charge in [0.25, 0.3) is 0 Å². The molecule has 2 aromatic rings. The summed E-state index contributed by atoms with van der Waals surface area (Å²) in [6.45, 7) is 7.62. The number of benzene rings is 1. The van der Waals surface area contributed by atoms with Crippen molar-refractivity contribution in [2.75, 3.05) is 18.0 Å². The van der Waals surface area contributed by atoms with E-state index in [1.165, 1.54) is 11.5 Å². The molecule has 0 aliphatic heterocycles. The molecule has 25 heavy (non-hydrogen) atoms. The average molecular weight is 381 g/mol. The lowest BCUT2D eigenvalue weighted by Gasteiger charge is -2.25. The number of amides is 1. The van der Waals surface area contributed by atoms with Gasteiger partial charge in [0.1, 0.15) is 5.82 Å². The second-order valence-electron chi connectivity index (χ2n) is 6.18. The van der Waals surface area contributed by atoms with Gasteiger partial charge >= 0.3 is 0 Å². The van der Waals surface area contributed by atoms with Crippen LogP contribution in [0.5, 0.6) is 0 Å². The van der Waals surface area contributed by atoms with Gasteiger partial charge in [0.05, 0.1) is 0 Å². The van der Waals surface area contributed by atoms with E-state index < -0.39 is 0 Å². The predicted molar refractivity (Wildman–Crippen MR) is 105 cm³/mol. The van der Waals surface area contributed by atoms with Gasteiger partial charge in [-0.2, -0.15) is 4.37 Å². The molecule has 1 aromatic heterocycles. The van der Waals surface area contributed by atoms with Gasteiger partial charge in [-0.1, -0.05) is 30.7 Å². The van der Waals surface area contributed by atoms with Crippen LogP contribution in [0.15, 0.2) is 24.3 Å². The molecule has 0 spiro atoms. The zero-order valence-corrected chi connectivity index (χ0v) is 16.5. The lowest BCUT2D eigenvalue weighted by atomic mass is 10.1. The number of nitrogens with one attached hydrogen (secondary N) is 1. The lowest BCUT2D eigenvalue weighted by molar-refractivity contribution is -0.120. The highest BCUT2D eigenvalue weighted by atomic mass is 35.5. The number of anilines is 1. The first-order valence-corrected chi connectivity index (χ1v) is 9.75. The van der Waals surface area contributed by atoms with Gasteiger partial charge in [0.2, 0.25) is 11.0 Å². The molecule has 0 aliphatic carbocycles. The second-order valence-corrected chi connectivity index (χ2v) is 7.35. The minimum atomic E-state index is 0.0819. The number of carbonyl (C=O) groups is 1. The first-order valence-electron chi connectivity index (χ1n) is 8.60. The number of nitrogens with zero attached hydrogens (tertiary/aromatic N) is 3. The van der Waals surface area contributed by atoms with Gasteiger partial charge in [0, 0.05) is 48.5 Å². The summed E-state index contributed by atoms with van der Waals surface area (Å²) in [5, 5.41) is 4.50. The lowest BCUT2D eigenvalue weighted by Crippen LogP contribution is -2.35. The molecule has 2 rings (SSSR count). The van der Waals surface area contributed by atoms with E-state index in [1.54, 1.807) is 0 Å². The molecule has 7 heteroatoms. The summed E-state index contributed by atoms with van der Waals surface area (Å²) in [6, 6.07) is 7.98. The molecule has 0 saturated carbocycles. The molecule has 5 nitrogen and oxygen atoms in total. The van der Waals surface area contributed by atoms with Crippen molar-refractivity contribution in [3.8, 4) is 0 Å². The predicted octanol–water partition coefficient (Wildman–Crippen LogP) is 3.91. The van der Waals surface area contributed by atoms with Gasteiger partial charge in [-0.3, -0.25) is 4.79 Å². The van der Waals surface area contributed by atoms with Gasteiger partial charge in [-0.15, -0.1) is 0 Å². The Kier molecular flexibility index (Phi) is 7.65. The van der Waals surface area contributed by atoms with E-state index in [4.69, 9.17) is 11.6 Å². The Bertz CT molecular complexity index is 672. The van der Waals surface area contributed by atoms with E-state index in [2.05, 4.69) is 33.4 Å². The van der Waals surface area contributed by atoms with Crippen LogP contribution in [-0.4, -0.2) is 34.4 Å². The molecule has 0 atom stereocenters. The molecule has 0 unspecified atom stereocenters. The number of hydrogen-bond acceptors (Lipinski definition) is 5. The van der Waals surface area contributed by atoms with Crippen molar-refractivity contribution in [2.45, 2.75) is 46.1 Å². The highest BCUT2D eigenvalue weighted by molar-refractivity contribution is 7.09. The fourth-order valence-electron chi connectivity index (χ4n) is 2.37. The zero-order chi connectivity index (χ0) is 18.2. The van der Waals surface area contributed by atoms with Crippen LogP contribution in [-0.2, 0) is 11.2 Å². The van der Waals surface area contributed by atoms with E-state index in [0.717, 1.165) is 34.5 Å². The summed E-state index contributed by atoms with van der Waals surface area (Å²) in [7, 11) is 0. The molecule has 1 amide bonds. The molecular formula is C18H25ClN4OS. The van der Waals surface area contributed by atoms with Crippen molar-refractivity contribution in [2.24, 2.45) is 0 Å². The van der Waals surface area contributed by atoms with Crippen molar-refractivity contribution in [1.82, 2.24) is 14.7 Å². The van der Waals surface area contributed by atoms with Crippen molar-refractivity contribution < 1.29 is 4.79 Å². The smallest absolute Gasteiger partial charge is 0.221 e. The summed E-state index contributed by atoms with van der Waals surface area (Å²) in [5.41, 5.74) is 1.13. The summed E-state index contributed by atoms with van der Waals surface area (Å²) in [5.74, 6) is 0.877. The average Bonchev–Trinajstić information content (AvgIpc) is 3.03. The highest BCUT2D eigenvalue weighted by Gasteiger charge is 2.17. The standard InChI is InChI=1S/C18H25ClN4OS/c1-4-10-20-17(24)9-11-23(13(2)3)18-21-16(22-25-18)12-14-5-7-15(19)8-6-14/h5-8,13H,4,9-12H2,1-3H3,(H,20,24). The van der Waals surface area contributed by atoms with Crippen molar-refractivity contribution >= 4 is 34.2 Å². The topological polar surface area (TPSA) is 58.1 Å². The fourth-order valence-corrected chi connectivity index (χ4v) is 3.34.